The third-order valence-electron chi connectivity index (χ3n) is 3.07. The normalized spacial score (nSPS) is 10.7. The van der Waals surface area contributed by atoms with Gasteiger partial charge in [-0.1, -0.05) is 30.4 Å². The van der Waals surface area contributed by atoms with Crippen LogP contribution in [0.25, 0.3) is 12.2 Å². The number of benzene rings is 2. The molecule has 2 N–H and O–H groups in total. The van der Waals surface area contributed by atoms with Gasteiger partial charge in [0.2, 0.25) is 0 Å². The topological polar surface area (TPSA) is 58.9 Å². The van der Waals surface area contributed by atoms with Crippen molar-refractivity contribution in [2.75, 3.05) is 14.2 Å². The summed E-state index contributed by atoms with van der Waals surface area (Å²) >= 11 is 0. The van der Waals surface area contributed by atoms with E-state index < -0.39 is 7.12 Å². The van der Waals surface area contributed by atoms with Crippen LogP contribution in [-0.4, -0.2) is 31.4 Å². The van der Waals surface area contributed by atoms with Gasteiger partial charge in [-0.15, -0.1) is 0 Å². The van der Waals surface area contributed by atoms with Crippen molar-refractivity contribution in [3.63, 3.8) is 0 Å². The van der Waals surface area contributed by atoms with Gasteiger partial charge in [0.1, 0.15) is 11.5 Å². The molecule has 0 fully saturated rings. The molecular formula is C16H17BO4. The van der Waals surface area contributed by atoms with Gasteiger partial charge < -0.3 is 19.5 Å². The van der Waals surface area contributed by atoms with Crippen LogP contribution in [0.3, 0.4) is 0 Å². The highest BCUT2D eigenvalue weighted by molar-refractivity contribution is 6.58. The zero-order chi connectivity index (χ0) is 15.2. The number of methoxy groups -OCH3 is 2. The molecule has 0 spiro atoms. The molecule has 0 bridgehead atoms. The minimum atomic E-state index is -1.52. The van der Waals surface area contributed by atoms with Crippen LogP contribution in [0.4, 0.5) is 0 Å². The van der Waals surface area contributed by atoms with Crippen LogP contribution in [0.1, 0.15) is 11.1 Å². The van der Waals surface area contributed by atoms with Crippen molar-refractivity contribution in [2.24, 2.45) is 0 Å². The molecule has 108 valence electrons. The zero-order valence-corrected chi connectivity index (χ0v) is 12.0. The third kappa shape index (κ3) is 4.11. The highest BCUT2D eigenvalue weighted by Crippen LogP contribution is 2.16. The molecule has 0 amide bonds. The van der Waals surface area contributed by atoms with Gasteiger partial charge in [0.25, 0.3) is 0 Å². The Balaban J connectivity index is 2.24. The Morgan fingerprint density at radius 3 is 2.00 bits per heavy atom. The number of hydrogen-bond donors (Lipinski definition) is 2. The average Bonchev–Trinajstić information content (AvgIpc) is 2.53. The fraction of sp³-hybridized carbons (Fsp3) is 0.125. The lowest BCUT2D eigenvalue weighted by Crippen LogP contribution is -2.29. The highest BCUT2D eigenvalue weighted by Gasteiger charge is 2.12. The Kier molecular flexibility index (Phi) is 5.03. The molecule has 0 unspecified atom stereocenters. The summed E-state index contributed by atoms with van der Waals surface area (Å²) in [7, 11) is 1.65. The summed E-state index contributed by atoms with van der Waals surface area (Å²) in [6.45, 7) is 0. The summed E-state index contributed by atoms with van der Waals surface area (Å²) in [4.78, 5) is 0. The van der Waals surface area contributed by atoms with Gasteiger partial charge in [0, 0.05) is 0 Å². The summed E-state index contributed by atoms with van der Waals surface area (Å²) in [6, 6.07) is 12.8. The minimum absolute atomic E-state index is 0.392. The molecule has 0 aliphatic carbocycles. The SMILES string of the molecule is COc1ccc(C=Cc2cc(OC)cc(B(O)O)c2)cc1. The second-order valence-electron chi connectivity index (χ2n) is 4.52. The number of rotatable bonds is 5. The van der Waals surface area contributed by atoms with Gasteiger partial charge >= 0.3 is 7.12 Å². The van der Waals surface area contributed by atoms with E-state index in [4.69, 9.17) is 9.47 Å². The fourth-order valence-corrected chi connectivity index (χ4v) is 1.92. The smallest absolute Gasteiger partial charge is 0.488 e. The molecule has 0 heterocycles. The van der Waals surface area contributed by atoms with E-state index in [2.05, 4.69) is 0 Å². The predicted molar refractivity (Wildman–Crippen MR) is 84.7 cm³/mol. The van der Waals surface area contributed by atoms with Gasteiger partial charge in [0.05, 0.1) is 14.2 Å². The molecule has 0 radical (unpaired) electrons. The molecule has 4 nitrogen and oxygen atoms in total. The quantitative estimate of drug-likeness (QED) is 0.646. The van der Waals surface area contributed by atoms with Crippen LogP contribution in [0.5, 0.6) is 11.5 Å². The average molecular weight is 284 g/mol. The number of ether oxygens (including phenoxy) is 2. The Morgan fingerprint density at radius 1 is 0.810 bits per heavy atom. The second-order valence-corrected chi connectivity index (χ2v) is 4.52. The first kappa shape index (κ1) is 15.2. The van der Waals surface area contributed by atoms with Crippen LogP contribution in [0.15, 0.2) is 42.5 Å². The first-order chi connectivity index (χ1) is 10.1. The molecule has 2 rings (SSSR count). The van der Waals surface area contributed by atoms with Crippen LogP contribution in [0, 0.1) is 0 Å². The van der Waals surface area contributed by atoms with Gasteiger partial charge in [-0.25, -0.2) is 0 Å². The molecule has 21 heavy (non-hydrogen) atoms. The van der Waals surface area contributed by atoms with Crippen molar-refractivity contribution in [2.45, 2.75) is 0 Å². The van der Waals surface area contributed by atoms with E-state index in [-0.39, 0.29) is 0 Å². The van der Waals surface area contributed by atoms with Crippen LogP contribution < -0.4 is 14.9 Å². The van der Waals surface area contributed by atoms with Gasteiger partial charge in [-0.05, 0) is 40.9 Å². The third-order valence-corrected chi connectivity index (χ3v) is 3.07. The van der Waals surface area contributed by atoms with E-state index in [9.17, 15) is 10.0 Å². The van der Waals surface area contributed by atoms with Crippen LogP contribution in [-0.2, 0) is 0 Å². The monoisotopic (exact) mass is 284 g/mol. The molecular weight excluding hydrogens is 267 g/mol. The Bertz CT molecular complexity index is 621. The van der Waals surface area contributed by atoms with Crippen LogP contribution in [0.2, 0.25) is 0 Å². The largest absolute Gasteiger partial charge is 0.497 e. The van der Waals surface area contributed by atoms with E-state index in [0.717, 1.165) is 16.9 Å². The maximum atomic E-state index is 9.27. The lowest BCUT2D eigenvalue weighted by molar-refractivity contribution is 0.412. The lowest BCUT2D eigenvalue weighted by atomic mass is 9.79. The van der Waals surface area contributed by atoms with Crippen molar-refractivity contribution in [1.29, 1.82) is 0 Å². The maximum Gasteiger partial charge on any atom is 0.488 e. The van der Waals surface area contributed by atoms with E-state index in [1.54, 1.807) is 26.4 Å². The Hall–Kier alpha value is -2.24. The molecule has 0 aliphatic rings. The van der Waals surface area contributed by atoms with Gasteiger partial charge in [-0.2, -0.15) is 0 Å². The second kappa shape index (κ2) is 6.97. The first-order valence-corrected chi connectivity index (χ1v) is 6.49. The summed E-state index contributed by atoms with van der Waals surface area (Å²) in [6.07, 6.45) is 3.82. The summed E-state index contributed by atoms with van der Waals surface area (Å²) in [5, 5.41) is 18.5. The first-order valence-electron chi connectivity index (χ1n) is 6.49. The number of hydrogen-bond acceptors (Lipinski definition) is 4. The van der Waals surface area contributed by atoms with Gasteiger partial charge in [0.15, 0.2) is 0 Å². The van der Waals surface area contributed by atoms with Crippen molar-refractivity contribution >= 4 is 24.7 Å². The minimum Gasteiger partial charge on any atom is -0.497 e. The van der Waals surface area contributed by atoms with E-state index in [1.807, 2.05) is 42.5 Å². The van der Waals surface area contributed by atoms with Crippen molar-refractivity contribution in [3.05, 3.63) is 53.6 Å². The molecule has 0 aromatic heterocycles. The Morgan fingerprint density at radius 2 is 1.43 bits per heavy atom. The zero-order valence-electron chi connectivity index (χ0n) is 12.0. The summed E-state index contributed by atoms with van der Waals surface area (Å²) in [5.74, 6) is 1.38. The maximum absolute atomic E-state index is 9.27. The fourth-order valence-electron chi connectivity index (χ4n) is 1.92. The summed E-state index contributed by atoms with van der Waals surface area (Å²) < 4.78 is 10.3. The molecule has 5 heteroatoms. The van der Waals surface area contributed by atoms with E-state index in [0.29, 0.717) is 11.2 Å². The molecule has 2 aromatic carbocycles. The highest BCUT2D eigenvalue weighted by atomic mass is 16.5. The Labute approximate surface area is 124 Å². The molecule has 0 saturated heterocycles. The van der Waals surface area contributed by atoms with Crippen molar-refractivity contribution < 1.29 is 19.5 Å². The molecule has 2 aromatic rings. The van der Waals surface area contributed by atoms with Crippen molar-refractivity contribution in [1.82, 2.24) is 0 Å². The van der Waals surface area contributed by atoms with Gasteiger partial charge in [-0.3, -0.25) is 0 Å². The molecule has 0 aliphatic heterocycles. The van der Waals surface area contributed by atoms with E-state index >= 15 is 0 Å². The van der Waals surface area contributed by atoms with Crippen LogP contribution >= 0.6 is 0 Å². The summed E-state index contributed by atoms with van der Waals surface area (Å²) in [5.41, 5.74) is 2.24. The van der Waals surface area contributed by atoms with E-state index in [1.165, 1.54) is 0 Å². The van der Waals surface area contributed by atoms with Crippen molar-refractivity contribution in [3.8, 4) is 11.5 Å². The molecule has 0 saturated carbocycles. The predicted octanol–water partition coefficient (Wildman–Crippen LogP) is 1.55. The lowest BCUT2D eigenvalue weighted by Gasteiger charge is -2.06. The molecule has 0 atom stereocenters. The standard InChI is InChI=1S/C16H17BO4/c1-20-15-7-5-12(6-8-15)3-4-13-9-14(17(18)19)11-16(10-13)21-2/h3-11,18-19H,1-2H3.